The molecule has 1 N–H and O–H groups in total. The van der Waals surface area contributed by atoms with Gasteiger partial charge in [-0.05, 0) is 36.6 Å². The van der Waals surface area contributed by atoms with Gasteiger partial charge in [-0.2, -0.15) is 5.26 Å². The molecule has 0 saturated heterocycles. The van der Waals surface area contributed by atoms with Gasteiger partial charge in [0.25, 0.3) is 0 Å². The van der Waals surface area contributed by atoms with Crippen LogP contribution in [0.15, 0.2) is 18.2 Å². The van der Waals surface area contributed by atoms with Crippen molar-refractivity contribution in [3.8, 4) is 6.07 Å². The van der Waals surface area contributed by atoms with Crippen LogP contribution in [-0.4, -0.2) is 17.1 Å². The summed E-state index contributed by atoms with van der Waals surface area (Å²) in [6.07, 6.45) is 2.41. The van der Waals surface area contributed by atoms with Gasteiger partial charge < -0.3 is 9.72 Å². The van der Waals surface area contributed by atoms with Gasteiger partial charge in [-0.15, -0.1) is 0 Å². The van der Waals surface area contributed by atoms with Crippen molar-refractivity contribution in [1.29, 1.82) is 5.26 Å². The van der Waals surface area contributed by atoms with Crippen molar-refractivity contribution < 1.29 is 9.53 Å². The third kappa shape index (κ3) is 2.08. The minimum atomic E-state index is -0.231. The van der Waals surface area contributed by atoms with Crippen LogP contribution in [0.2, 0.25) is 0 Å². The molecule has 4 nitrogen and oxygen atoms in total. The van der Waals surface area contributed by atoms with E-state index in [-0.39, 0.29) is 12.1 Å². The molecule has 2 aromatic rings. The summed E-state index contributed by atoms with van der Waals surface area (Å²) >= 11 is 0. The van der Waals surface area contributed by atoms with Gasteiger partial charge in [-0.1, -0.05) is 0 Å². The predicted octanol–water partition coefficient (Wildman–Crippen LogP) is 2.46. The summed E-state index contributed by atoms with van der Waals surface area (Å²) in [4.78, 5) is 14.4. The third-order valence-electron chi connectivity index (χ3n) is 3.60. The second-order valence-corrected chi connectivity index (χ2v) is 4.93. The Bertz CT molecular complexity index is 694. The second-order valence-electron chi connectivity index (χ2n) is 4.93. The summed E-state index contributed by atoms with van der Waals surface area (Å²) in [7, 11) is 0. The maximum absolute atomic E-state index is 11.1. The summed E-state index contributed by atoms with van der Waals surface area (Å²) in [6.45, 7) is 1.44. The quantitative estimate of drug-likeness (QED) is 0.795. The molecule has 1 atom stereocenters. The van der Waals surface area contributed by atoms with E-state index in [1.165, 1.54) is 18.2 Å². The molecule has 96 valence electrons. The topological polar surface area (TPSA) is 65.9 Å². The lowest BCUT2D eigenvalue weighted by Crippen LogP contribution is -2.24. The van der Waals surface area contributed by atoms with E-state index in [1.54, 1.807) is 0 Å². The standard InChI is InChI=1S/C15H14N2O2/c1-9(18)19-11-3-5-15-13(7-11)12-6-10(8-16)2-4-14(12)17-15/h2,4,6,11,17H,3,5,7H2,1H3. The van der Waals surface area contributed by atoms with Gasteiger partial charge in [-0.25, -0.2) is 0 Å². The number of aromatic nitrogens is 1. The Balaban J connectivity index is 2.02. The van der Waals surface area contributed by atoms with Gasteiger partial charge in [0, 0.05) is 29.9 Å². The molecule has 1 aliphatic rings. The zero-order valence-electron chi connectivity index (χ0n) is 10.7. The molecule has 19 heavy (non-hydrogen) atoms. The molecule has 1 aromatic heterocycles. The fourth-order valence-electron chi connectivity index (χ4n) is 2.79. The van der Waals surface area contributed by atoms with E-state index in [4.69, 9.17) is 10.00 Å². The van der Waals surface area contributed by atoms with E-state index in [2.05, 4.69) is 11.1 Å². The fourth-order valence-corrected chi connectivity index (χ4v) is 2.79. The number of carbonyl (C=O) groups excluding carboxylic acids is 1. The highest BCUT2D eigenvalue weighted by Crippen LogP contribution is 2.30. The third-order valence-corrected chi connectivity index (χ3v) is 3.60. The van der Waals surface area contributed by atoms with Crippen molar-refractivity contribution in [1.82, 2.24) is 4.98 Å². The van der Waals surface area contributed by atoms with Crippen LogP contribution < -0.4 is 0 Å². The molecule has 0 aliphatic heterocycles. The molecule has 1 heterocycles. The van der Waals surface area contributed by atoms with Crippen LogP contribution in [0.3, 0.4) is 0 Å². The van der Waals surface area contributed by atoms with Crippen LogP contribution in [-0.2, 0) is 22.4 Å². The Labute approximate surface area is 111 Å². The highest BCUT2D eigenvalue weighted by atomic mass is 16.5. The SMILES string of the molecule is CC(=O)OC1CCc2[nH]c3ccc(C#N)cc3c2C1. The van der Waals surface area contributed by atoms with Gasteiger partial charge in [0.15, 0.2) is 0 Å². The number of nitrogens with one attached hydrogen (secondary N) is 1. The minimum Gasteiger partial charge on any atom is -0.462 e. The van der Waals surface area contributed by atoms with Crippen LogP contribution in [0.25, 0.3) is 10.9 Å². The van der Waals surface area contributed by atoms with Crippen molar-refractivity contribution in [3.63, 3.8) is 0 Å². The Hall–Kier alpha value is -2.28. The number of hydrogen-bond acceptors (Lipinski definition) is 3. The van der Waals surface area contributed by atoms with Crippen LogP contribution in [0.5, 0.6) is 0 Å². The lowest BCUT2D eigenvalue weighted by atomic mass is 9.93. The number of aryl methyl sites for hydroxylation is 1. The normalized spacial score (nSPS) is 17.8. The number of aromatic amines is 1. The maximum atomic E-state index is 11.1. The lowest BCUT2D eigenvalue weighted by molar-refractivity contribution is -0.146. The molecular weight excluding hydrogens is 240 g/mol. The number of carbonyl (C=O) groups is 1. The number of fused-ring (bicyclic) bond motifs is 3. The number of benzene rings is 1. The van der Waals surface area contributed by atoms with Crippen molar-refractivity contribution in [2.45, 2.75) is 32.3 Å². The van der Waals surface area contributed by atoms with Gasteiger partial charge in [-0.3, -0.25) is 4.79 Å². The molecule has 0 saturated carbocycles. The Morgan fingerprint density at radius 1 is 1.53 bits per heavy atom. The van der Waals surface area contributed by atoms with Gasteiger partial charge in [0.1, 0.15) is 6.10 Å². The summed E-state index contributed by atoms with van der Waals surface area (Å²) in [6, 6.07) is 7.81. The number of nitriles is 1. The highest BCUT2D eigenvalue weighted by Gasteiger charge is 2.24. The largest absolute Gasteiger partial charge is 0.462 e. The number of hydrogen-bond donors (Lipinski definition) is 1. The molecule has 4 heteroatoms. The van der Waals surface area contributed by atoms with Crippen LogP contribution >= 0.6 is 0 Å². The number of nitrogens with zero attached hydrogens (tertiary/aromatic N) is 1. The number of rotatable bonds is 1. The molecule has 0 radical (unpaired) electrons. The second kappa shape index (κ2) is 4.43. The molecule has 0 amide bonds. The summed E-state index contributed by atoms with van der Waals surface area (Å²) in [5.74, 6) is -0.231. The first kappa shape index (κ1) is 11.8. The summed E-state index contributed by atoms with van der Waals surface area (Å²) in [5, 5.41) is 10.1. The molecule has 0 spiro atoms. The summed E-state index contributed by atoms with van der Waals surface area (Å²) in [5.41, 5.74) is 4.09. The van der Waals surface area contributed by atoms with Gasteiger partial charge in [0.05, 0.1) is 11.6 Å². The van der Waals surface area contributed by atoms with Gasteiger partial charge in [0.2, 0.25) is 0 Å². The van der Waals surface area contributed by atoms with Crippen molar-refractivity contribution in [3.05, 3.63) is 35.0 Å². The Morgan fingerprint density at radius 2 is 2.37 bits per heavy atom. The number of ether oxygens (including phenoxy) is 1. The number of H-pyrrole nitrogens is 1. The van der Waals surface area contributed by atoms with Crippen LogP contribution in [0, 0.1) is 11.3 Å². The maximum Gasteiger partial charge on any atom is 0.302 e. The van der Waals surface area contributed by atoms with E-state index in [1.807, 2.05) is 18.2 Å². The average Bonchev–Trinajstić information content (AvgIpc) is 2.75. The first-order valence-corrected chi connectivity index (χ1v) is 6.38. The highest BCUT2D eigenvalue weighted by molar-refractivity contribution is 5.86. The average molecular weight is 254 g/mol. The Morgan fingerprint density at radius 3 is 3.11 bits per heavy atom. The zero-order valence-corrected chi connectivity index (χ0v) is 10.7. The van der Waals surface area contributed by atoms with E-state index in [0.29, 0.717) is 5.56 Å². The smallest absolute Gasteiger partial charge is 0.302 e. The van der Waals surface area contributed by atoms with Crippen LogP contribution in [0.4, 0.5) is 0 Å². The predicted molar refractivity (Wildman–Crippen MR) is 70.6 cm³/mol. The first-order valence-electron chi connectivity index (χ1n) is 6.38. The molecule has 1 aromatic carbocycles. The molecule has 1 aliphatic carbocycles. The van der Waals surface area contributed by atoms with Crippen molar-refractivity contribution in [2.24, 2.45) is 0 Å². The van der Waals surface area contributed by atoms with Crippen LogP contribution in [0.1, 0.15) is 30.2 Å². The van der Waals surface area contributed by atoms with E-state index in [0.717, 1.165) is 30.2 Å². The molecule has 0 bridgehead atoms. The fraction of sp³-hybridized carbons (Fsp3) is 0.333. The molecule has 1 unspecified atom stereocenters. The monoisotopic (exact) mass is 254 g/mol. The molecular formula is C15H14N2O2. The summed E-state index contributed by atoms with van der Waals surface area (Å²) < 4.78 is 5.31. The van der Waals surface area contributed by atoms with E-state index in [9.17, 15) is 4.79 Å². The number of esters is 1. The minimum absolute atomic E-state index is 0.0465. The van der Waals surface area contributed by atoms with E-state index >= 15 is 0 Å². The van der Waals surface area contributed by atoms with Crippen molar-refractivity contribution in [2.75, 3.05) is 0 Å². The Kier molecular flexibility index (Phi) is 2.75. The lowest BCUT2D eigenvalue weighted by Gasteiger charge is -2.22. The zero-order chi connectivity index (χ0) is 13.4. The van der Waals surface area contributed by atoms with Gasteiger partial charge >= 0.3 is 5.97 Å². The van der Waals surface area contributed by atoms with E-state index < -0.39 is 0 Å². The first-order chi connectivity index (χ1) is 9.17. The van der Waals surface area contributed by atoms with Crippen molar-refractivity contribution >= 4 is 16.9 Å². The molecule has 0 fully saturated rings. The molecule has 3 rings (SSSR count).